The first-order valence-corrected chi connectivity index (χ1v) is 8.73. The second-order valence-electron chi connectivity index (χ2n) is 6.79. The van der Waals surface area contributed by atoms with E-state index in [4.69, 9.17) is 0 Å². The Morgan fingerprint density at radius 2 is 2.00 bits per heavy atom. The summed E-state index contributed by atoms with van der Waals surface area (Å²) in [7, 11) is 0. The Morgan fingerprint density at radius 1 is 1.24 bits per heavy atom. The summed E-state index contributed by atoms with van der Waals surface area (Å²) in [5.41, 5.74) is 1.40. The second kappa shape index (κ2) is 7.51. The summed E-state index contributed by atoms with van der Waals surface area (Å²) in [5, 5.41) is 2.87. The fraction of sp³-hybridized carbons (Fsp3) is 0.421. The van der Waals surface area contributed by atoms with E-state index in [2.05, 4.69) is 24.1 Å². The predicted octanol–water partition coefficient (Wildman–Crippen LogP) is 2.32. The Labute approximate surface area is 147 Å². The first kappa shape index (κ1) is 17.2. The number of benzene rings is 1. The van der Waals surface area contributed by atoms with Gasteiger partial charge in [0.2, 0.25) is 0 Å². The van der Waals surface area contributed by atoms with E-state index in [1.807, 2.05) is 30.3 Å². The molecule has 6 heteroatoms. The summed E-state index contributed by atoms with van der Waals surface area (Å²) < 4.78 is 1.78. The van der Waals surface area contributed by atoms with Crippen LogP contribution in [0.3, 0.4) is 0 Å². The van der Waals surface area contributed by atoms with E-state index >= 15 is 0 Å². The number of rotatable bonds is 6. The van der Waals surface area contributed by atoms with E-state index in [-0.39, 0.29) is 11.8 Å². The summed E-state index contributed by atoms with van der Waals surface area (Å²) in [4.78, 5) is 30.9. The van der Waals surface area contributed by atoms with Crippen molar-refractivity contribution in [1.82, 2.24) is 19.8 Å². The highest BCUT2D eigenvalue weighted by Gasteiger charge is 2.28. The largest absolute Gasteiger partial charge is 0.351 e. The lowest BCUT2D eigenvalue weighted by Crippen LogP contribution is -2.39. The van der Waals surface area contributed by atoms with E-state index in [1.165, 1.54) is 0 Å². The molecule has 2 aromatic rings. The van der Waals surface area contributed by atoms with Crippen molar-refractivity contribution in [3.05, 3.63) is 53.6 Å². The van der Waals surface area contributed by atoms with Crippen LogP contribution in [0.15, 0.2) is 36.5 Å². The van der Waals surface area contributed by atoms with Gasteiger partial charge in [-0.05, 0) is 17.9 Å². The Morgan fingerprint density at radius 3 is 2.72 bits per heavy atom. The zero-order valence-electron chi connectivity index (χ0n) is 14.7. The average Bonchev–Trinajstić information content (AvgIpc) is 3.03. The fourth-order valence-corrected chi connectivity index (χ4v) is 2.86. The third-order valence-corrected chi connectivity index (χ3v) is 4.32. The standard InChI is InChI=1S/C19H24N4O2/c1-14(2)8-9-20-18(24)16-13-22-10-11-23(19(25)17(22)21-16)12-15-6-4-3-5-7-15/h3-7,13-14H,8-12H2,1-2H3,(H,20,24). The Kier molecular flexibility index (Phi) is 5.16. The van der Waals surface area contributed by atoms with Crippen LogP contribution in [0.1, 0.15) is 46.9 Å². The third kappa shape index (κ3) is 4.07. The molecule has 0 unspecified atom stereocenters. The molecular weight excluding hydrogens is 316 g/mol. The molecule has 1 aromatic carbocycles. The van der Waals surface area contributed by atoms with Crippen molar-refractivity contribution in [2.24, 2.45) is 5.92 Å². The highest BCUT2D eigenvalue weighted by Crippen LogP contribution is 2.16. The number of fused-ring (bicyclic) bond motifs is 1. The number of imidazole rings is 1. The Balaban J connectivity index is 1.67. The molecule has 0 aliphatic carbocycles. The molecule has 1 N–H and O–H groups in total. The molecule has 0 bridgehead atoms. The van der Waals surface area contributed by atoms with Crippen LogP contribution in [0.2, 0.25) is 0 Å². The molecule has 25 heavy (non-hydrogen) atoms. The molecule has 2 heterocycles. The zero-order valence-corrected chi connectivity index (χ0v) is 14.7. The van der Waals surface area contributed by atoms with Crippen LogP contribution in [-0.4, -0.2) is 39.4 Å². The summed E-state index contributed by atoms with van der Waals surface area (Å²) in [5.74, 6) is 0.529. The molecule has 2 amide bonds. The number of carbonyl (C=O) groups is 2. The molecule has 0 saturated heterocycles. The van der Waals surface area contributed by atoms with Gasteiger partial charge in [0.25, 0.3) is 11.8 Å². The van der Waals surface area contributed by atoms with Gasteiger partial charge in [-0.1, -0.05) is 44.2 Å². The molecule has 0 spiro atoms. The third-order valence-electron chi connectivity index (χ3n) is 4.32. The topological polar surface area (TPSA) is 67.2 Å². The lowest BCUT2D eigenvalue weighted by Gasteiger charge is -2.27. The second-order valence-corrected chi connectivity index (χ2v) is 6.79. The van der Waals surface area contributed by atoms with Gasteiger partial charge >= 0.3 is 0 Å². The van der Waals surface area contributed by atoms with Crippen LogP contribution in [0, 0.1) is 5.92 Å². The number of hydrogen-bond acceptors (Lipinski definition) is 3. The normalized spacial score (nSPS) is 13.9. The van der Waals surface area contributed by atoms with E-state index in [0.717, 1.165) is 12.0 Å². The molecule has 132 valence electrons. The van der Waals surface area contributed by atoms with Crippen LogP contribution in [0.25, 0.3) is 0 Å². The maximum Gasteiger partial charge on any atom is 0.290 e. The van der Waals surface area contributed by atoms with Gasteiger partial charge in [-0.3, -0.25) is 9.59 Å². The van der Waals surface area contributed by atoms with Crippen molar-refractivity contribution in [2.75, 3.05) is 13.1 Å². The lowest BCUT2D eigenvalue weighted by atomic mass is 10.1. The molecule has 1 aliphatic rings. The first-order valence-electron chi connectivity index (χ1n) is 8.73. The lowest BCUT2D eigenvalue weighted by molar-refractivity contribution is 0.0683. The molecule has 0 radical (unpaired) electrons. The summed E-state index contributed by atoms with van der Waals surface area (Å²) in [6.45, 7) is 6.67. The number of amides is 2. The molecule has 0 saturated carbocycles. The smallest absolute Gasteiger partial charge is 0.290 e. The van der Waals surface area contributed by atoms with E-state index in [0.29, 0.717) is 43.6 Å². The minimum absolute atomic E-state index is 0.128. The molecular formula is C19H24N4O2. The van der Waals surface area contributed by atoms with Gasteiger partial charge in [0.1, 0.15) is 5.69 Å². The van der Waals surface area contributed by atoms with E-state index in [9.17, 15) is 9.59 Å². The highest BCUT2D eigenvalue weighted by molar-refractivity contribution is 5.96. The minimum Gasteiger partial charge on any atom is -0.351 e. The van der Waals surface area contributed by atoms with Crippen molar-refractivity contribution in [2.45, 2.75) is 33.4 Å². The van der Waals surface area contributed by atoms with Gasteiger partial charge in [-0.25, -0.2) is 4.98 Å². The van der Waals surface area contributed by atoms with E-state index in [1.54, 1.807) is 15.7 Å². The Bertz CT molecular complexity index is 752. The van der Waals surface area contributed by atoms with Gasteiger partial charge in [0.15, 0.2) is 5.82 Å². The number of aromatic nitrogens is 2. The van der Waals surface area contributed by atoms with Crippen LogP contribution in [0.5, 0.6) is 0 Å². The highest BCUT2D eigenvalue weighted by atomic mass is 16.2. The predicted molar refractivity (Wildman–Crippen MR) is 95.2 cm³/mol. The average molecular weight is 340 g/mol. The van der Waals surface area contributed by atoms with Gasteiger partial charge in [-0.15, -0.1) is 0 Å². The van der Waals surface area contributed by atoms with Crippen LogP contribution in [-0.2, 0) is 13.1 Å². The minimum atomic E-state index is -0.218. The van der Waals surface area contributed by atoms with Gasteiger partial charge in [0.05, 0.1) is 0 Å². The summed E-state index contributed by atoms with van der Waals surface area (Å²) in [6, 6.07) is 9.89. The fourth-order valence-electron chi connectivity index (χ4n) is 2.86. The van der Waals surface area contributed by atoms with E-state index < -0.39 is 0 Å². The van der Waals surface area contributed by atoms with Crippen molar-refractivity contribution in [3.8, 4) is 0 Å². The van der Waals surface area contributed by atoms with Gasteiger partial charge in [0, 0.05) is 32.4 Å². The maximum atomic E-state index is 12.7. The first-order chi connectivity index (χ1) is 12.0. The molecule has 0 fully saturated rings. The maximum absolute atomic E-state index is 12.7. The SMILES string of the molecule is CC(C)CCNC(=O)c1cn2c(n1)C(=O)N(Cc1ccccc1)CC2. The van der Waals surface area contributed by atoms with Gasteiger partial charge in [-0.2, -0.15) is 0 Å². The quantitative estimate of drug-likeness (QED) is 0.877. The van der Waals surface area contributed by atoms with Crippen molar-refractivity contribution in [1.29, 1.82) is 0 Å². The number of nitrogens with zero attached hydrogens (tertiary/aromatic N) is 3. The van der Waals surface area contributed by atoms with Crippen LogP contribution < -0.4 is 5.32 Å². The summed E-state index contributed by atoms with van der Waals surface area (Å²) in [6.07, 6.45) is 2.60. The zero-order chi connectivity index (χ0) is 17.8. The Hall–Kier alpha value is -2.63. The molecule has 3 rings (SSSR count). The molecule has 1 aromatic heterocycles. The number of nitrogens with one attached hydrogen (secondary N) is 1. The summed E-state index contributed by atoms with van der Waals surface area (Å²) >= 11 is 0. The molecule has 1 aliphatic heterocycles. The molecule has 0 atom stereocenters. The van der Waals surface area contributed by atoms with Gasteiger partial charge < -0.3 is 14.8 Å². The molecule has 6 nitrogen and oxygen atoms in total. The van der Waals surface area contributed by atoms with Crippen molar-refractivity contribution >= 4 is 11.8 Å². The van der Waals surface area contributed by atoms with Crippen molar-refractivity contribution < 1.29 is 9.59 Å². The van der Waals surface area contributed by atoms with Crippen molar-refractivity contribution in [3.63, 3.8) is 0 Å². The monoisotopic (exact) mass is 340 g/mol. The van der Waals surface area contributed by atoms with Crippen LogP contribution >= 0.6 is 0 Å². The van der Waals surface area contributed by atoms with Crippen LogP contribution in [0.4, 0.5) is 0 Å². The number of carbonyl (C=O) groups excluding carboxylic acids is 2. The number of hydrogen-bond donors (Lipinski definition) is 1.